The number of hydrogen-bond acceptors (Lipinski definition) is 9. The zero-order valence-corrected chi connectivity index (χ0v) is 26.9. The van der Waals surface area contributed by atoms with E-state index < -0.39 is 58.3 Å². The second kappa shape index (κ2) is 42.9. The molecule has 0 aromatic rings. The van der Waals surface area contributed by atoms with Crippen molar-refractivity contribution in [2.45, 2.75) is 14.4 Å². The lowest BCUT2D eigenvalue weighted by molar-refractivity contribution is -0.191. The number of carbonyl (C=O) groups excluding carboxylic acids is 4. The first kappa shape index (κ1) is 73.3. The molecule has 0 heterocycles. The SMILES string of the molecule is C.CCNCC(=O)O.CN(CP)C(=O)N(CC(=O)O)CP(=O)(O)O.O.O.O.O.O.O.O=C(NCP)NCP(=O)(O)O.O=C=O. The molecule has 0 bridgehead atoms. The first-order valence-electron chi connectivity index (χ1n) is 9.46. The molecule has 274 valence electrons. The number of amides is 4. The third-order valence-corrected chi connectivity index (χ3v) is 4.82. The Balaban J connectivity index is -0.0000000385. The van der Waals surface area contributed by atoms with Gasteiger partial charge in [-0.05, 0) is 6.54 Å². The highest BCUT2D eigenvalue weighted by atomic mass is 31.2. The van der Waals surface area contributed by atoms with Crippen LogP contribution in [0.25, 0.3) is 0 Å². The highest BCUT2D eigenvalue weighted by Crippen LogP contribution is 2.35. The Kier molecular flexibility index (Phi) is 71.4. The highest BCUT2D eigenvalue weighted by Gasteiger charge is 2.27. The molecule has 2 atom stereocenters. The number of carboxylic acid groups (broad SMARTS) is 2. The maximum Gasteiger partial charge on any atom is 0.373 e. The third kappa shape index (κ3) is 67.4. The molecule has 2 unspecified atom stereocenters. The summed E-state index contributed by atoms with van der Waals surface area (Å²) in [5, 5.41) is 23.4. The van der Waals surface area contributed by atoms with Gasteiger partial charge in [0, 0.05) is 19.6 Å². The molecule has 0 aromatic carbocycles. The Morgan fingerprint density at radius 1 is 0.818 bits per heavy atom. The van der Waals surface area contributed by atoms with Crippen molar-refractivity contribution in [1.29, 1.82) is 0 Å². The molecule has 4 amide bonds. The van der Waals surface area contributed by atoms with Gasteiger partial charge in [0.1, 0.15) is 19.1 Å². The summed E-state index contributed by atoms with van der Waals surface area (Å²) in [6.07, 6.45) is -0.722. The molecule has 21 N–H and O–H groups in total. The Labute approximate surface area is 256 Å². The maximum absolute atomic E-state index is 11.5. The van der Waals surface area contributed by atoms with E-state index >= 15 is 0 Å². The van der Waals surface area contributed by atoms with Crippen molar-refractivity contribution in [2.75, 3.05) is 51.8 Å². The van der Waals surface area contributed by atoms with Crippen molar-refractivity contribution in [1.82, 2.24) is 25.8 Å². The lowest BCUT2D eigenvalue weighted by Gasteiger charge is -2.26. The van der Waals surface area contributed by atoms with Crippen LogP contribution in [-0.2, 0) is 28.3 Å². The molecule has 0 saturated carbocycles. The van der Waals surface area contributed by atoms with Crippen LogP contribution >= 0.6 is 33.7 Å². The number of rotatable bonds is 11. The summed E-state index contributed by atoms with van der Waals surface area (Å²) in [6.45, 7) is 1.89. The fourth-order valence-electron chi connectivity index (χ4n) is 1.45. The quantitative estimate of drug-likeness (QED) is 0.0888. The molecule has 0 aliphatic heterocycles. The van der Waals surface area contributed by atoms with Gasteiger partial charge < -0.3 is 88.4 Å². The Morgan fingerprint density at radius 3 is 1.45 bits per heavy atom. The van der Waals surface area contributed by atoms with Crippen LogP contribution in [0, 0.1) is 0 Å². The molecule has 0 fully saturated rings. The second-order valence-electron chi connectivity index (χ2n) is 6.03. The first-order chi connectivity index (χ1) is 16.8. The molecule has 0 radical (unpaired) electrons. The third-order valence-electron chi connectivity index (χ3n) is 2.79. The summed E-state index contributed by atoms with van der Waals surface area (Å²) >= 11 is 0. The number of hydrogen-bond donors (Lipinski definition) is 9. The molecule has 29 heteroatoms. The molecule has 0 aliphatic rings. The van der Waals surface area contributed by atoms with Gasteiger partial charge in [0.25, 0.3) is 0 Å². The summed E-state index contributed by atoms with van der Waals surface area (Å²) in [5.74, 6) is -2.14. The van der Waals surface area contributed by atoms with E-state index in [2.05, 4.69) is 29.1 Å². The van der Waals surface area contributed by atoms with Gasteiger partial charge in [-0.1, -0.05) is 14.4 Å². The van der Waals surface area contributed by atoms with E-state index in [9.17, 15) is 28.3 Å². The average molecular weight is 743 g/mol. The smallest absolute Gasteiger partial charge is 0.373 e. The van der Waals surface area contributed by atoms with E-state index in [4.69, 9.17) is 39.4 Å². The molecule has 25 nitrogen and oxygen atoms in total. The lowest BCUT2D eigenvalue weighted by Crippen LogP contribution is -2.43. The largest absolute Gasteiger partial charge is 0.480 e. The first-order valence-corrected chi connectivity index (χ1v) is 14.7. The van der Waals surface area contributed by atoms with E-state index in [1.807, 2.05) is 12.2 Å². The summed E-state index contributed by atoms with van der Waals surface area (Å²) in [4.78, 5) is 94.1. The van der Waals surface area contributed by atoms with Gasteiger partial charge in [-0.25, -0.2) is 9.59 Å². The van der Waals surface area contributed by atoms with Gasteiger partial charge >= 0.3 is 45.3 Å². The maximum atomic E-state index is 11.5. The van der Waals surface area contributed by atoms with Gasteiger partial charge in [0.15, 0.2) is 0 Å². The van der Waals surface area contributed by atoms with E-state index in [-0.39, 0.29) is 59.3 Å². The lowest BCUT2D eigenvalue weighted by atomic mass is 10.6. The molecule has 44 heavy (non-hydrogen) atoms. The Morgan fingerprint density at radius 2 is 1.23 bits per heavy atom. The summed E-state index contributed by atoms with van der Waals surface area (Å²) in [5.41, 5.74) is 0. The minimum Gasteiger partial charge on any atom is -0.480 e. The summed E-state index contributed by atoms with van der Waals surface area (Å²) in [6, 6.07) is -1.34. The van der Waals surface area contributed by atoms with Crippen LogP contribution < -0.4 is 16.0 Å². The molecule has 0 aliphatic carbocycles. The van der Waals surface area contributed by atoms with E-state index in [0.717, 1.165) is 4.90 Å². The molecule has 0 rings (SSSR count). The molecule has 0 aromatic heterocycles. The summed E-state index contributed by atoms with van der Waals surface area (Å²) in [7, 11) is -2.72. The number of nitrogens with zero attached hydrogens (tertiary/aromatic N) is 2. The zero-order chi connectivity index (χ0) is 30.2. The van der Waals surface area contributed by atoms with Crippen LogP contribution in [0.1, 0.15) is 14.4 Å². The van der Waals surface area contributed by atoms with Crippen LogP contribution in [-0.4, -0.2) is 154 Å². The van der Waals surface area contributed by atoms with Crippen molar-refractivity contribution >= 4 is 63.8 Å². The number of urea groups is 2. The predicted molar refractivity (Wildman–Crippen MR) is 162 cm³/mol. The average Bonchev–Trinajstić information content (AvgIpc) is 2.74. The van der Waals surface area contributed by atoms with Gasteiger partial charge in [0.05, 0.1) is 6.54 Å². The number of likely N-dealkylation sites (N-methyl/N-ethyl adjacent to an activating group) is 1. The van der Waals surface area contributed by atoms with Gasteiger partial charge in [0.2, 0.25) is 0 Å². The van der Waals surface area contributed by atoms with E-state index in [0.29, 0.717) is 17.7 Å². The fourth-order valence-corrected chi connectivity index (χ4v) is 2.80. The highest BCUT2D eigenvalue weighted by molar-refractivity contribution is 7.51. The number of carbonyl (C=O) groups is 4. The van der Waals surface area contributed by atoms with Gasteiger partial charge in [-0.15, -0.1) is 18.5 Å². The van der Waals surface area contributed by atoms with Crippen LogP contribution in [0.4, 0.5) is 9.59 Å². The second-order valence-corrected chi connectivity index (χ2v) is 10.1. The Bertz CT molecular complexity index is 823. The van der Waals surface area contributed by atoms with E-state index in [1.165, 1.54) is 7.05 Å². The normalized spacial score (nSPS) is 8.27. The number of carboxylic acids is 2. The van der Waals surface area contributed by atoms with Crippen molar-refractivity contribution < 1.29 is 101 Å². The van der Waals surface area contributed by atoms with Gasteiger partial charge in [-0.3, -0.25) is 18.7 Å². The van der Waals surface area contributed by atoms with Crippen LogP contribution in [0.15, 0.2) is 0 Å². The van der Waals surface area contributed by atoms with Crippen LogP contribution in [0.2, 0.25) is 0 Å². The monoisotopic (exact) mass is 743 g/mol. The minimum absolute atomic E-state index is 0. The van der Waals surface area contributed by atoms with Crippen molar-refractivity contribution in [3.8, 4) is 0 Å². The van der Waals surface area contributed by atoms with Crippen molar-refractivity contribution in [2.24, 2.45) is 0 Å². The minimum atomic E-state index is -4.47. The molecule has 0 saturated heterocycles. The molecule has 0 spiro atoms. The topological polar surface area (TPSA) is 490 Å². The van der Waals surface area contributed by atoms with Crippen molar-refractivity contribution in [3.63, 3.8) is 0 Å². The van der Waals surface area contributed by atoms with Crippen LogP contribution in [0.3, 0.4) is 0 Å². The Hall–Kier alpha value is -2.26. The van der Waals surface area contributed by atoms with Crippen LogP contribution in [0.5, 0.6) is 0 Å². The number of aliphatic carboxylic acids is 2. The summed E-state index contributed by atoms with van der Waals surface area (Å²) < 4.78 is 20.9. The van der Waals surface area contributed by atoms with Crippen molar-refractivity contribution in [3.05, 3.63) is 0 Å². The van der Waals surface area contributed by atoms with E-state index in [1.54, 1.807) is 0 Å². The molecular formula is C15H49N5O20P4. The zero-order valence-electron chi connectivity index (χ0n) is 22.8. The number of nitrogens with one attached hydrogen (secondary N) is 3. The predicted octanol–water partition coefficient (Wildman–Crippen LogP) is -6.57. The fraction of sp³-hybridized carbons (Fsp3) is 0.667. The standard InChI is InChI=1S/C6H14N2O6P2.C4H9NO2.C3H10N2O4P2.CO2.CH4.6H2O/c1-7(3-15)6(11)8(2-5(9)10)4-16(12,13)14;1-2-5-3-4(6)7;6-3(4-1-10)5-2-11(7,8)9;2-1-3;;;;;;;/h2-4,15H2,1H3,(H,9,10)(H2,12,13,14);5H,2-3H2,1H3,(H,6,7);1-2,10H2,(H2,4,5,6)(H2,7,8,9);;1H4;6*1H2. The van der Waals surface area contributed by atoms with Gasteiger partial charge in [-0.2, -0.15) is 9.59 Å². The molecular weight excluding hydrogens is 694 g/mol.